The van der Waals surface area contributed by atoms with Gasteiger partial charge in [0.25, 0.3) is 0 Å². The van der Waals surface area contributed by atoms with Crippen LogP contribution in [0.3, 0.4) is 0 Å². The van der Waals surface area contributed by atoms with E-state index in [4.69, 9.17) is 0 Å². The molecule has 21 heavy (non-hydrogen) atoms. The van der Waals surface area contributed by atoms with Crippen LogP contribution in [-0.4, -0.2) is 8.76 Å². The highest BCUT2D eigenvalue weighted by molar-refractivity contribution is 7.74. The number of benzene rings is 1. The summed E-state index contributed by atoms with van der Waals surface area (Å²) >= 11 is -2.49. The van der Waals surface area contributed by atoms with Crippen molar-refractivity contribution in [3.05, 3.63) is 29.8 Å². The Kier molecular flexibility index (Phi) is 10.2. The van der Waals surface area contributed by atoms with Gasteiger partial charge >= 0.3 is 0 Å². The van der Waals surface area contributed by atoms with Crippen LogP contribution in [0, 0.1) is 0 Å². The molecular weight excluding hydrogens is 284 g/mol. The number of unbranched alkanes of at least 4 members (excludes halogenated alkanes) is 8. The van der Waals surface area contributed by atoms with Gasteiger partial charge in [-0.15, -0.1) is 0 Å². The first kappa shape index (κ1) is 18.2. The largest absolute Gasteiger partial charge is 0.740 e. The Hall–Kier alpha value is -0.870. The van der Waals surface area contributed by atoms with Crippen molar-refractivity contribution in [1.29, 1.82) is 0 Å². The van der Waals surface area contributed by atoms with E-state index in [1.807, 2.05) is 12.1 Å². The molecule has 0 spiro atoms. The lowest BCUT2D eigenvalue weighted by molar-refractivity contribution is 0.440. The van der Waals surface area contributed by atoms with Gasteiger partial charge in [0.2, 0.25) is 0 Å². The van der Waals surface area contributed by atoms with E-state index in [9.17, 15) is 8.76 Å². The Labute approximate surface area is 131 Å². The summed E-state index contributed by atoms with van der Waals surface area (Å²) in [4.78, 5) is 0. The first-order chi connectivity index (χ1) is 10.2. The van der Waals surface area contributed by atoms with E-state index >= 15 is 0 Å². The van der Waals surface area contributed by atoms with E-state index in [-0.39, 0.29) is 0 Å². The molecule has 0 aliphatic rings. The quantitative estimate of drug-likeness (QED) is 0.406. The molecule has 1 aromatic carbocycles. The Balaban J connectivity index is 2.03. The van der Waals surface area contributed by atoms with Gasteiger partial charge in [0.15, 0.2) is 0 Å². The van der Waals surface area contributed by atoms with Crippen molar-refractivity contribution >= 4 is 11.4 Å². The van der Waals surface area contributed by atoms with E-state index in [0.29, 0.717) is 5.75 Å². The normalized spacial score (nSPS) is 12.3. The van der Waals surface area contributed by atoms with Crippen LogP contribution in [0.4, 0.5) is 0 Å². The number of hydrogen-bond acceptors (Lipinski definition) is 3. The van der Waals surface area contributed by atoms with Crippen LogP contribution in [0.2, 0.25) is 0 Å². The smallest absolute Gasteiger partial charge is 0.139 e. The highest BCUT2D eigenvalue weighted by atomic mass is 32.2. The molecule has 0 N–H and O–H groups in total. The number of hydrogen-bond donors (Lipinski definition) is 0. The Morgan fingerprint density at radius 1 is 0.905 bits per heavy atom. The molecule has 0 aliphatic carbocycles. The van der Waals surface area contributed by atoms with Crippen LogP contribution in [0.5, 0.6) is 5.75 Å². The maximum atomic E-state index is 10.4. The summed E-state index contributed by atoms with van der Waals surface area (Å²) in [5, 5.41) is 0. The van der Waals surface area contributed by atoms with Gasteiger partial charge in [0, 0.05) is 0 Å². The molecule has 4 heteroatoms. The fraction of sp³-hybridized carbons (Fsp3) is 0.647. The van der Waals surface area contributed by atoms with Crippen LogP contribution >= 0.6 is 0 Å². The molecule has 0 amide bonds. The average Bonchev–Trinajstić information content (AvgIpc) is 2.47. The second-order valence-corrected chi connectivity index (χ2v) is 6.08. The zero-order chi connectivity index (χ0) is 15.3. The Morgan fingerprint density at radius 2 is 1.43 bits per heavy atom. The molecule has 1 atom stereocenters. The van der Waals surface area contributed by atoms with Gasteiger partial charge in [-0.05, 0) is 30.5 Å². The van der Waals surface area contributed by atoms with Crippen molar-refractivity contribution < 1.29 is 12.9 Å². The second kappa shape index (κ2) is 11.8. The van der Waals surface area contributed by atoms with Gasteiger partial charge in [-0.3, -0.25) is 0 Å². The molecule has 0 bridgehead atoms. The van der Waals surface area contributed by atoms with Crippen molar-refractivity contribution in [2.24, 2.45) is 0 Å². The van der Waals surface area contributed by atoms with Gasteiger partial charge in [0.05, 0.1) is 0 Å². The lowest BCUT2D eigenvalue weighted by atomic mass is 10.0. The minimum atomic E-state index is -2.49. The lowest BCUT2D eigenvalue weighted by Gasteiger charge is -2.07. The fourth-order valence-corrected chi connectivity index (χ4v) is 2.70. The molecule has 0 fully saturated rings. The zero-order valence-electron chi connectivity index (χ0n) is 13.0. The minimum Gasteiger partial charge on any atom is -0.740 e. The molecule has 120 valence electrons. The van der Waals surface area contributed by atoms with E-state index in [2.05, 4.69) is 11.1 Å². The molecule has 0 aliphatic heterocycles. The second-order valence-electron chi connectivity index (χ2n) is 5.51. The average molecular weight is 311 g/mol. The van der Waals surface area contributed by atoms with E-state index in [0.717, 1.165) is 6.42 Å². The minimum absolute atomic E-state index is 0.374. The van der Waals surface area contributed by atoms with Gasteiger partial charge in [0.1, 0.15) is 17.1 Å². The number of rotatable bonds is 12. The first-order valence-electron chi connectivity index (χ1n) is 8.09. The van der Waals surface area contributed by atoms with Gasteiger partial charge < -0.3 is 8.74 Å². The molecule has 1 unspecified atom stereocenters. The third-order valence-electron chi connectivity index (χ3n) is 3.66. The van der Waals surface area contributed by atoms with Gasteiger partial charge in [-0.1, -0.05) is 70.4 Å². The van der Waals surface area contributed by atoms with Crippen LogP contribution < -0.4 is 4.18 Å². The van der Waals surface area contributed by atoms with Crippen molar-refractivity contribution in [3.63, 3.8) is 0 Å². The SMILES string of the molecule is CCCCCCCCCCCc1ccc(OS(=O)[O-])cc1. The van der Waals surface area contributed by atoms with E-state index in [1.54, 1.807) is 12.1 Å². The third kappa shape index (κ3) is 9.64. The van der Waals surface area contributed by atoms with Crippen molar-refractivity contribution in [2.75, 3.05) is 0 Å². The van der Waals surface area contributed by atoms with Crippen LogP contribution in [0.15, 0.2) is 24.3 Å². The van der Waals surface area contributed by atoms with E-state index in [1.165, 1.54) is 63.4 Å². The molecule has 0 heterocycles. The molecule has 3 nitrogen and oxygen atoms in total. The summed E-state index contributed by atoms with van der Waals surface area (Å²) in [5.74, 6) is 0.374. The molecule has 0 saturated carbocycles. The van der Waals surface area contributed by atoms with Gasteiger partial charge in [-0.25, -0.2) is 4.21 Å². The predicted octanol–water partition coefficient (Wildman–Crippen LogP) is 4.93. The Bertz CT molecular complexity index is 390. The Morgan fingerprint density at radius 3 is 1.95 bits per heavy atom. The van der Waals surface area contributed by atoms with E-state index < -0.39 is 11.4 Å². The van der Waals surface area contributed by atoms with Crippen molar-refractivity contribution in [3.8, 4) is 5.75 Å². The van der Waals surface area contributed by atoms with Crippen LogP contribution in [0.1, 0.15) is 70.3 Å². The molecule has 1 rings (SSSR count). The zero-order valence-corrected chi connectivity index (χ0v) is 13.8. The molecule has 0 aromatic heterocycles. The summed E-state index contributed by atoms with van der Waals surface area (Å²) in [7, 11) is 0. The summed E-state index contributed by atoms with van der Waals surface area (Å²) < 4.78 is 25.4. The molecule has 1 aromatic rings. The summed E-state index contributed by atoms with van der Waals surface area (Å²) in [5.41, 5.74) is 1.24. The standard InChI is InChI=1S/C17H28O3S/c1-2-3-4-5-6-7-8-9-10-11-16-12-14-17(15-13-16)20-21(18)19/h12-15H,2-11H2,1H3,(H,18,19)/p-1. The highest BCUT2D eigenvalue weighted by Gasteiger charge is 1.97. The predicted molar refractivity (Wildman–Crippen MR) is 86.9 cm³/mol. The summed E-state index contributed by atoms with van der Waals surface area (Å²) in [6.45, 7) is 2.25. The molecule has 0 radical (unpaired) electrons. The van der Waals surface area contributed by atoms with Gasteiger partial charge in [-0.2, -0.15) is 0 Å². The van der Waals surface area contributed by atoms with Crippen molar-refractivity contribution in [1.82, 2.24) is 0 Å². The van der Waals surface area contributed by atoms with Crippen molar-refractivity contribution in [2.45, 2.75) is 71.1 Å². The summed E-state index contributed by atoms with van der Waals surface area (Å²) in [6.07, 6.45) is 13.0. The molecule has 0 saturated heterocycles. The molecular formula is C17H27O3S-. The van der Waals surface area contributed by atoms with Crippen LogP contribution in [-0.2, 0) is 17.8 Å². The highest BCUT2D eigenvalue weighted by Crippen LogP contribution is 2.16. The third-order valence-corrected chi connectivity index (χ3v) is 3.99. The fourth-order valence-electron chi connectivity index (χ4n) is 2.43. The maximum absolute atomic E-state index is 10.4. The topological polar surface area (TPSA) is 49.4 Å². The monoisotopic (exact) mass is 311 g/mol. The first-order valence-corrected chi connectivity index (χ1v) is 9.09. The maximum Gasteiger partial charge on any atom is 0.139 e. The van der Waals surface area contributed by atoms with Crippen LogP contribution in [0.25, 0.3) is 0 Å². The summed E-state index contributed by atoms with van der Waals surface area (Å²) in [6, 6.07) is 7.29. The lowest BCUT2D eigenvalue weighted by Crippen LogP contribution is -1.97. The number of aryl methyl sites for hydroxylation is 1.